The molecule has 1 aliphatic carbocycles. The third-order valence-electron chi connectivity index (χ3n) is 5.19. The Hall–Kier alpha value is -2.86. The van der Waals surface area contributed by atoms with E-state index >= 15 is 0 Å². The summed E-state index contributed by atoms with van der Waals surface area (Å²) < 4.78 is 25.9. The van der Waals surface area contributed by atoms with Crippen molar-refractivity contribution in [1.29, 1.82) is 0 Å². The molecule has 34 heavy (non-hydrogen) atoms. The van der Waals surface area contributed by atoms with Crippen molar-refractivity contribution in [1.82, 2.24) is 0 Å². The minimum Gasteiger partial charge on any atom is -0.497 e. The summed E-state index contributed by atoms with van der Waals surface area (Å²) in [5.41, 5.74) is 2.12. The lowest BCUT2D eigenvalue weighted by molar-refractivity contribution is -0.136. The molecule has 0 aliphatic heterocycles. The molecule has 0 radical (unpaired) electrons. The fourth-order valence-electron chi connectivity index (χ4n) is 3.30. The van der Waals surface area contributed by atoms with Gasteiger partial charge in [-0.25, -0.2) is 4.39 Å². The van der Waals surface area contributed by atoms with E-state index in [-0.39, 0.29) is 17.7 Å². The van der Waals surface area contributed by atoms with Crippen molar-refractivity contribution >= 4 is 17.3 Å². The summed E-state index contributed by atoms with van der Waals surface area (Å²) in [4.78, 5) is 12.9. The van der Waals surface area contributed by atoms with Crippen molar-refractivity contribution in [2.45, 2.75) is 64.9 Å². The van der Waals surface area contributed by atoms with Gasteiger partial charge in [0.1, 0.15) is 23.9 Å². The highest BCUT2D eigenvalue weighted by Gasteiger charge is 2.24. The quantitative estimate of drug-likeness (QED) is 0.357. The summed E-state index contributed by atoms with van der Waals surface area (Å²) >= 11 is 1.61. The summed E-state index contributed by atoms with van der Waals surface area (Å²) in [5.74, 6) is 0.181. The van der Waals surface area contributed by atoms with E-state index in [1.165, 1.54) is 25.3 Å². The van der Waals surface area contributed by atoms with Crippen molar-refractivity contribution in [2.24, 2.45) is 0 Å². The molecule has 182 valence electrons. The van der Waals surface area contributed by atoms with Crippen LogP contribution in [0.4, 0.5) is 4.39 Å². The number of thiophene rings is 1. The lowest BCUT2D eigenvalue weighted by Crippen LogP contribution is -2.10. The van der Waals surface area contributed by atoms with E-state index in [9.17, 15) is 9.18 Å². The Balaban J connectivity index is 0.000000999. The van der Waals surface area contributed by atoms with E-state index in [1.807, 2.05) is 30.3 Å². The Morgan fingerprint density at radius 2 is 1.76 bits per heavy atom. The summed E-state index contributed by atoms with van der Waals surface area (Å²) in [6, 6.07) is 14.2. The van der Waals surface area contributed by atoms with Crippen LogP contribution in [-0.2, 0) is 23.2 Å². The highest BCUT2D eigenvalue weighted by Crippen LogP contribution is 2.41. The zero-order valence-corrected chi connectivity index (χ0v) is 21.1. The molecule has 6 heteroatoms. The van der Waals surface area contributed by atoms with Gasteiger partial charge in [0.05, 0.1) is 7.11 Å². The molecule has 0 spiro atoms. The van der Waals surface area contributed by atoms with Gasteiger partial charge in [-0.1, -0.05) is 52.2 Å². The van der Waals surface area contributed by atoms with Crippen LogP contribution in [0, 0.1) is 5.82 Å². The maximum Gasteiger partial charge on any atom is 0.303 e. The van der Waals surface area contributed by atoms with Crippen LogP contribution in [0.5, 0.6) is 11.5 Å². The third-order valence-corrected chi connectivity index (χ3v) is 6.72. The number of carboxylic acid groups (broad SMARTS) is 1. The first-order valence-corrected chi connectivity index (χ1v) is 12.4. The molecule has 1 aromatic heterocycles. The van der Waals surface area contributed by atoms with Crippen molar-refractivity contribution in [2.75, 3.05) is 7.11 Å². The molecule has 1 N–H and O–H groups in total. The van der Waals surface area contributed by atoms with Crippen LogP contribution >= 0.6 is 11.3 Å². The predicted octanol–water partition coefficient (Wildman–Crippen LogP) is 7.63. The number of aliphatic carboxylic acids is 1. The van der Waals surface area contributed by atoms with E-state index in [0.29, 0.717) is 30.1 Å². The van der Waals surface area contributed by atoms with Gasteiger partial charge in [0.25, 0.3) is 0 Å². The summed E-state index contributed by atoms with van der Waals surface area (Å²) in [6.45, 7) is 6.67. The van der Waals surface area contributed by atoms with Gasteiger partial charge in [0, 0.05) is 21.7 Å². The zero-order chi connectivity index (χ0) is 24.7. The minimum absolute atomic E-state index is 0.0821. The van der Waals surface area contributed by atoms with Gasteiger partial charge in [0.15, 0.2) is 0 Å². The second kappa shape index (κ2) is 11.5. The fraction of sp³-hybridized carbons (Fsp3) is 0.393. The number of carboxylic acids is 1. The van der Waals surface area contributed by atoms with Crippen LogP contribution in [0.15, 0.2) is 48.5 Å². The highest BCUT2D eigenvalue weighted by molar-refractivity contribution is 7.12. The van der Waals surface area contributed by atoms with E-state index < -0.39 is 5.97 Å². The first kappa shape index (κ1) is 25.8. The lowest BCUT2D eigenvalue weighted by Gasteiger charge is -2.19. The first-order chi connectivity index (χ1) is 16.2. The Morgan fingerprint density at radius 3 is 2.38 bits per heavy atom. The Labute approximate surface area is 205 Å². The standard InChI is InChI=1S/C25H27FO4S.C3H6/c1-25(2,3)24-21(20-13-17(29-4)9-10-22(20)26)14-19(31-24)15-30-18-7-5-6-16(12-18)8-11-23(27)28;1-2-3-1/h5-7,9-10,12-14H,8,11,15H2,1-4H3,(H,27,28);1-3H2. The molecular formula is C28H33FO4S. The molecule has 4 rings (SSSR count). The average molecular weight is 485 g/mol. The molecule has 0 atom stereocenters. The monoisotopic (exact) mass is 484 g/mol. The number of benzene rings is 2. The summed E-state index contributed by atoms with van der Waals surface area (Å²) in [6.07, 6.45) is 5.04. The van der Waals surface area contributed by atoms with Gasteiger partial charge in [-0.3, -0.25) is 4.79 Å². The topological polar surface area (TPSA) is 55.8 Å². The van der Waals surface area contributed by atoms with Crippen LogP contribution in [0.3, 0.4) is 0 Å². The molecule has 1 heterocycles. The second-order valence-corrected chi connectivity index (χ2v) is 10.6. The lowest BCUT2D eigenvalue weighted by atomic mass is 9.89. The van der Waals surface area contributed by atoms with Crippen molar-refractivity contribution in [3.63, 3.8) is 0 Å². The van der Waals surface area contributed by atoms with Gasteiger partial charge < -0.3 is 14.6 Å². The van der Waals surface area contributed by atoms with Crippen molar-refractivity contribution in [3.8, 4) is 22.6 Å². The third kappa shape index (κ3) is 7.59. The maximum absolute atomic E-state index is 14.7. The Bertz CT molecular complexity index is 1110. The molecular weight excluding hydrogens is 451 g/mol. The number of halogens is 1. The van der Waals surface area contributed by atoms with Crippen molar-refractivity contribution in [3.05, 3.63) is 69.7 Å². The van der Waals surface area contributed by atoms with Gasteiger partial charge in [-0.15, -0.1) is 11.3 Å². The maximum atomic E-state index is 14.7. The van der Waals surface area contributed by atoms with Gasteiger partial charge in [-0.05, 0) is 59.4 Å². The SMILES string of the molecule is C1CC1.COc1ccc(F)c(-c2cc(COc3cccc(CCC(=O)O)c3)sc2C(C)(C)C)c1. The Morgan fingerprint density at radius 1 is 1.03 bits per heavy atom. The molecule has 0 bridgehead atoms. The molecule has 1 saturated carbocycles. The molecule has 0 amide bonds. The van der Waals surface area contributed by atoms with Gasteiger partial charge in [-0.2, -0.15) is 0 Å². The molecule has 1 aliphatic rings. The molecule has 0 saturated heterocycles. The number of aryl methyl sites for hydroxylation is 1. The summed E-state index contributed by atoms with van der Waals surface area (Å²) in [7, 11) is 1.57. The molecule has 2 aromatic carbocycles. The minimum atomic E-state index is -0.822. The number of hydrogen-bond acceptors (Lipinski definition) is 4. The van der Waals surface area contributed by atoms with E-state index in [1.54, 1.807) is 30.6 Å². The second-order valence-electron chi connectivity index (χ2n) is 9.44. The van der Waals surface area contributed by atoms with E-state index in [0.717, 1.165) is 20.9 Å². The van der Waals surface area contributed by atoms with Crippen LogP contribution in [-0.4, -0.2) is 18.2 Å². The predicted molar refractivity (Wildman–Crippen MR) is 136 cm³/mol. The van der Waals surface area contributed by atoms with Crippen LogP contribution in [0.2, 0.25) is 0 Å². The smallest absolute Gasteiger partial charge is 0.303 e. The van der Waals surface area contributed by atoms with Crippen molar-refractivity contribution < 1.29 is 23.8 Å². The molecule has 4 nitrogen and oxygen atoms in total. The zero-order valence-electron chi connectivity index (χ0n) is 20.3. The average Bonchev–Trinajstić information content (AvgIpc) is 3.62. The van der Waals surface area contributed by atoms with Gasteiger partial charge >= 0.3 is 5.97 Å². The van der Waals surface area contributed by atoms with Crippen LogP contribution in [0.25, 0.3) is 11.1 Å². The molecule has 0 unspecified atom stereocenters. The number of carbonyl (C=O) groups is 1. The van der Waals surface area contributed by atoms with Crippen LogP contribution < -0.4 is 9.47 Å². The van der Waals surface area contributed by atoms with Gasteiger partial charge in [0.2, 0.25) is 0 Å². The number of rotatable bonds is 8. The largest absolute Gasteiger partial charge is 0.497 e. The van der Waals surface area contributed by atoms with E-state index in [2.05, 4.69) is 20.8 Å². The number of hydrogen-bond donors (Lipinski definition) is 1. The molecule has 3 aromatic rings. The highest BCUT2D eigenvalue weighted by atomic mass is 32.1. The number of methoxy groups -OCH3 is 1. The fourth-order valence-corrected chi connectivity index (χ4v) is 4.45. The normalized spacial score (nSPS) is 12.5. The Kier molecular flexibility index (Phi) is 8.72. The summed E-state index contributed by atoms with van der Waals surface area (Å²) in [5, 5.41) is 8.87. The molecule has 1 fully saturated rings. The number of ether oxygens (including phenoxy) is 2. The first-order valence-electron chi connectivity index (χ1n) is 11.6. The van der Waals surface area contributed by atoms with E-state index in [4.69, 9.17) is 14.6 Å². The van der Waals surface area contributed by atoms with Crippen LogP contribution in [0.1, 0.15) is 61.8 Å².